The number of nitrogens with one attached hydrogen (secondary N) is 1. The van der Waals surface area contributed by atoms with E-state index in [4.69, 9.17) is 4.74 Å². The van der Waals surface area contributed by atoms with E-state index in [1.807, 2.05) is 35.0 Å². The lowest BCUT2D eigenvalue weighted by Gasteiger charge is -2.34. The Morgan fingerprint density at radius 3 is 2.62 bits per heavy atom. The van der Waals surface area contributed by atoms with Gasteiger partial charge in [0.1, 0.15) is 5.75 Å². The molecule has 2 aromatic heterocycles. The fourth-order valence-corrected chi connectivity index (χ4v) is 5.71. The van der Waals surface area contributed by atoms with Gasteiger partial charge in [-0.1, -0.05) is 20.8 Å². The standard InChI is InChI=1S/C23H26N2O2S2/c1-23(2,3)15-7-10-17-18(12-28-20(17)11-15)21(26)25-22-24-19(13-29-22)14-5-8-16(27-4)9-6-14/h5-6,8-9,12-13,15H,7,10-11H2,1-4H3,(H,24,25,26). The molecule has 4 rings (SSSR count). The fraction of sp³-hybridized carbons (Fsp3) is 0.391. The van der Waals surface area contributed by atoms with Gasteiger partial charge >= 0.3 is 0 Å². The molecule has 0 fully saturated rings. The summed E-state index contributed by atoms with van der Waals surface area (Å²) in [4.78, 5) is 18.9. The van der Waals surface area contributed by atoms with Crippen molar-refractivity contribution in [3.8, 4) is 17.0 Å². The van der Waals surface area contributed by atoms with Crippen molar-refractivity contribution < 1.29 is 9.53 Å². The van der Waals surface area contributed by atoms with E-state index >= 15 is 0 Å². The number of nitrogens with zero attached hydrogens (tertiary/aromatic N) is 1. The predicted molar refractivity (Wildman–Crippen MR) is 121 cm³/mol. The summed E-state index contributed by atoms with van der Waals surface area (Å²) in [6.45, 7) is 6.94. The van der Waals surface area contributed by atoms with Crippen LogP contribution in [0.25, 0.3) is 11.3 Å². The van der Waals surface area contributed by atoms with Crippen LogP contribution in [0.3, 0.4) is 0 Å². The van der Waals surface area contributed by atoms with Gasteiger partial charge in [-0.25, -0.2) is 4.98 Å². The quantitative estimate of drug-likeness (QED) is 0.534. The van der Waals surface area contributed by atoms with Crippen molar-refractivity contribution in [1.29, 1.82) is 0 Å². The van der Waals surface area contributed by atoms with Crippen LogP contribution in [0.1, 0.15) is 48.0 Å². The third-order valence-electron chi connectivity index (χ3n) is 5.74. The maximum absolute atomic E-state index is 12.9. The molecule has 29 heavy (non-hydrogen) atoms. The summed E-state index contributed by atoms with van der Waals surface area (Å²) in [5.41, 5.74) is 4.22. The molecule has 1 atom stereocenters. The van der Waals surface area contributed by atoms with E-state index in [1.54, 1.807) is 18.4 Å². The maximum atomic E-state index is 12.9. The number of benzene rings is 1. The van der Waals surface area contributed by atoms with Gasteiger partial charge in [0.25, 0.3) is 5.91 Å². The normalized spacial score (nSPS) is 16.3. The Hall–Kier alpha value is -2.18. The second kappa shape index (κ2) is 7.92. The molecule has 4 nitrogen and oxygen atoms in total. The average molecular weight is 427 g/mol. The summed E-state index contributed by atoms with van der Waals surface area (Å²) >= 11 is 3.18. The van der Waals surface area contributed by atoms with Crippen LogP contribution in [0.4, 0.5) is 5.13 Å². The monoisotopic (exact) mass is 426 g/mol. The molecule has 2 heterocycles. The lowest BCUT2D eigenvalue weighted by molar-refractivity contribution is 0.102. The lowest BCUT2D eigenvalue weighted by atomic mass is 9.72. The number of rotatable bonds is 4. The van der Waals surface area contributed by atoms with E-state index in [0.717, 1.165) is 41.8 Å². The van der Waals surface area contributed by atoms with Gasteiger partial charge in [0.05, 0.1) is 18.4 Å². The third-order valence-corrected chi connectivity index (χ3v) is 7.54. The highest BCUT2D eigenvalue weighted by molar-refractivity contribution is 7.14. The fourth-order valence-electron chi connectivity index (χ4n) is 3.83. The van der Waals surface area contributed by atoms with Crippen molar-refractivity contribution in [2.24, 2.45) is 11.3 Å². The summed E-state index contributed by atoms with van der Waals surface area (Å²) in [6.07, 6.45) is 3.21. The Morgan fingerprint density at radius 1 is 1.17 bits per heavy atom. The first-order valence-corrected chi connectivity index (χ1v) is 11.6. The van der Waals surface area contributed by atoms with Gasteiger partial charge in [-0.05, 0) is 60.4 Å². The van der Waals surface area contributed by atoms with Gasteiger partial charge in [0, 0.05) is 21.2 Å². The van der Waals surface area contributed by atoms with Gasteiger partial charge in [-0.15, -0.1) is 22.7 Å². The summed E-state index contributed by atoms with van der Waals surface area (Å²) in [7, 11) is 1.65. The molecule has 1 aliphatic carbocycles. The number of anilines is 1. The topological polar surface area (TPSA) is 51.2 Å². The molecule has 0 spiro atoms. The largest absolute Gasteiger partial charge is 0.497 e. The molecular weight excluding hydrogens is 400 g/mol. The molecule has 0 bridgehead atoms. The average Bonchev–Trinajstić information content (AvgIpc) is 3.33. The van der Waals surface area contributed by atoms with Crippen LogP contribution >= 0.6 is 22.7 Å². The minimum Gasteiger partial charge on any atom is -0.497 e. The summed E-state index contributed by atoms with van der Waals surface area (Å²) in [5, 5.41) is 7.61. The van der Waals surface area contributed by atoms with Gasteiger partial charge < -0.3 is 4.74 Å². The van der Waals surface area contributed by atoms with E-state index < -0.39 is 0 Å². The molecule has 6 heteroatoms. The van der Waals surface area contributed by atoms with Crippen molar-refractivity contribution in [3.05, 3.63) is 51.0 Å². The van der Waals surface area contributed by atoms with E-state index in [2.05, 4.69) is 31.1 Å². The zero-order valence-corrected chi connectivity index (χ0v) is 18.9. The number of thiophene rings is 1. The summed E-state index contributed by atoms with van der Waals surface area (Å²) < 4.78 is 5.20. The molecule has 1 aliphatic rings. The first-order chi connectivity index (χ1) is 13.8. The zero-order chi connectivity index (χ0) is 20.6. The number of carbonyl (C=O) groups is 1. The van der Waals surface area contributed by atoms with Crippen molar-refractivity contribution >= 4 is 33.7 Å². The first-order valence-electron chi connectivity index (χ1n) is 9.85. The SMILES string of the molecule is COc1ccc(-c2csc(NC(=O)c3csc4c3CCC(C(C)(C)C)C4)n2)cc1. The first kappa shape index (κ1) is 20.1. The highest BCUT2D eigenvalue weighted by Gasteiger charge is 2.31. The van der Waals surface area contributed by atoms with Gasteiger partial charge in [-0.2, -0.15) is 0 Å². The number of aromatic nitrogens is 1. The number of ether oxygens (including phenoxy) is 1. The van der Waals surface area contributed by atoms with Crippen molar-refractivity contribution in [3.63, 3.8) is 0 Å². The summed E-state index contributed by atoms with van der Waals surface area (Å²) in [5.74, 6) is 1.44. The van der Waals surface area contributed by atoms with Crippen LogP contribution in [-0.2, 0) is 12.8 Å². The second-order valence-electron chi connectivity index (χ2n) is 8.58. The minimum absolute atomic E-state index is 0.0488. The number of hydrogen-bond acceptors (Lipinski definition) is 5. The molecular formula is C23H26N2O2S2. The molecule has 1 unspecified atom stereocenters. The molecule has 3 aromatic rings. The van der Waals surface area contributed by atoms with E-state index in [9.17, 15) is 4.79 Å². The van der Waals surface area contributed by atoms with Crippen molar-refractivity contribution in [1.82, 2.24) is 4.98 Å². The Morgan fingerprint density at radius 2 is 1.93 bits per heavy atom. The van der Waals surface area contributed by atoms with Gasteiger partial charge in [0.15, 0.2) is 5.13 Å². The maximum Gasteiger partial charge on any atom is 0.258 e. The van der Waals surface area contributed by atoms with Crippen LogP contribution in [0.15, 0.2) is 35.0 Å². The molecule has 1 aromatic carbocycles. The van der Waals surface area contributed by atoms with Crippen LogP contribution in [0.2, 0.25) is 0 Å². The van der Waals surface area contributed by atoms with Crippen molar-refractivity contribution in [2.75, 3.05) is 12.4 Å². The van der Waals surface area contributed by atoms with Crippen LogP contribution in [0.5, 0.6) is 5.75 Å². The van der Waals surface area contributed by atoms with E-state index in [1.165, 1.54) is 21.8 Å². The highest BCUT2D eigenvalue weighted by atomic mass is 32.1. The predicted octanol–water partition coefficient (Wildman–Crippen LogP) is 6.28. The van der Waals surface area contributed by atoms with Gasteiger partial charge in [0.2, 0.25) is 0 Å². The second-order valence-corrected chi connectivity index (χ2v) is 10.4. The number of fused-ring (bicyclic) bond motifs is 1. The van der Waals surface area contributed by atoms with Crippen LogP contribution in [0, 0.1) is 11.3 Å². The van der Waals surface area contributed by atoms with Crippen molar-refractivity contribution in [2.45, 2.75) is 40.0 Å². The molecule has 0 aliphatic heterocycles. The van der Waals surface area contributed by atoms with E-state index in [-0.39, 0.29) is 5.91 Å². The number of methoxy groups -OCH3 is 1. The Labute approximate surface area is 180 Å². The Bertz CT molecular complexity index is 1010. The molecule has 1 N–H and O–H groups in total. The number of amides is 1. The van der Waals surface area contributed by atoms with Crippen LogP contribution < -0.4 is 10.1 Å². The Balaban J connectivity index is 1.47. The minimum atomic E-state index is -0.0488. The molecule has 0 radical (unpaired) electrons. The summed E-state index contributed by atoms with van der Waals surface area (Å²) in [6, 6.07) is 7.77. The zero-order valence-electron chi connectivity index (χ0n) is 17.2. The smallest absolute Gasteiger partial charge is 0.258 e. The number of carbonyl (C=O) groups excluding carboxylic acids is 1. The van der Waals surface area contributed by atoms with E-state index in [0.29, 0.717) is 16.5 Å². The third kappa shape index (κ3) is 4.23. The number of thiazole rings is 1. The number of hydrogen-bond donors (Lipinski definition) is 1. The molecule has 0 saturated heterocycles. The van der Waals surface area contributed by atoms with Gasteiger partial charge in [-0.3, -0.25) is 10.1 Å². The lowest BCUT2D eigenvalue weighted by Crippen LogP contribution is -2.27. The highest BCUT2D eigenvalue weighted by Crippen LogP contribution is 2.40. The molecule has 0 saturated carbocycles. The molecule has 152 valence electrons. The van der Waals surface area contributed by atoms with Crippen LogP contribution in [-0.4, -0.2) is 18.0 Å². The molecule has 1 amide bonds. The Kier molecular flexibility index (Phi) is 5.49.